The highest BCUT2D eigenvalue weighted by atomic mass is 14.3. The highest BCUT2D eigenvalue weighted by Crippen LogP contribution is 2.36. The molecule has 0 saturated carbocycles. The minimum atomic E-state index is 0.469. The van der Waals surface area contributed by atoms with E-state index in [2.05, 4.69) is 41.5 Å². The molecular weight excluding hydrogens is 180 g/mol. The molecule has 0 amide bonds. The van der Waals surface area contributed by atoms with Crippen molar-refractivity contribution in [2.75, 3.05) is 0 Å². The molecule has 15 heavy (non-hydrogen) atoms. The lowest BCUT2D eigenvalue weighted by molar-refractivity contribution is 0.194. The molecule has 0 aromatic heterocycles. The van der Waals surface area contributed by atoms with Gasteiger partial charge in [-0.1, -0.05) is 73.6 Å². The fourth-order valence-corrected chi connectivity index (χ4v) is 2.66. The van der Waals surface area contributed by atoms with Gasteiger partial charge < -0.3 is 0 Å². The van der Waals surface area contributed by atoms with Gasteiger partial charge in [-0.15, -0.1) is 0 Å². The minimum Gasteiger partial charge on any atom is -0.0602 e. The summed E-state index contributed by atoms with van der Waals surface area (Å²) < 4.78 is 0. The van der Waals surface area contributed by atoms with Crippen molar-refractivity contribution < 1.29 is 0 Å². The van der Waals surface area contributed by atoms with E-state index in [1.165, 1.54) is 38.5 Å². The first-order valence-electron chi connectivity index (χ1n) is 6.56. The van der Waals surface area contributed by atoms with Crippen LogP contribution in [0.5, 0.6) is 0 Å². The number of hydrogen-bond acceptors (Lipinski definition) is 0. The van der Waals surface area contributed by atoms with Crippen LogP contribution in [0.2, 0.25) is 0 Å². The van der Waals surface area contributed by atoms with E-state index in [-0.39, 0.29) is 0 Å². The summed E-state index contributed by atoms with van der Waals surface area (Å²) in [6.07, 6.45) is 9.27. The Bertz CT molecular complexity index is 148. The molecule has 0 rings (SSSR count). The first-order valence-corrected chi connectivity index (χ1v) is 6.56. The van der Waals surface area contributed by atoms with Crippen molar-refractivity contribution in [1.29, 1.82) is 0 Å². The standard InChI is InChI=1S/C15H31/c1-7-8-9-10-11-12-15(5,6)13-14(2,3)4/h1,7-13H2,2-6H3. The summed E-state index contributed by atoms with van der Waals surface area (Å²) in [5.74, 6) is 0. The molecule has 0 unspecified atom stereocenters. The van der Waals surface area contributed by atoms with E-state index in [1.54, 1.807) is 0 Å². The summed E-state index contributed by atoms with van der Waals surface area (Å²) in [5, 5.41) is 0. The van der Waals surface area contributed by atoms with Gasteiger partial charge in [0.2, 0.25) is 0 Å². The molecule has 1 radical (unpaired) electrons. The number of unbranched alkanes of at least 4 members (excludes halogenated alkanes) is 4. The minimum absolute atomic E-state index is 0.469. The van der Waals surface area contributed by atoms with E-state index in [0.717, 1.165) is 6.42 Å². The van der Waals surface area contributed by atoms with Crippen LogP contribution in [0.4, 0.5) is 0 Å². The first-order chi connectivity index (χ1) is 6.77. The molecule has 91 valence electrons. The predicted molar refractivity (Wildman–Crippen MR) is 70.9 cm³/mol. The third-order valence-electron chi connectivity index (χ3n) is 2.86. The van der Waals surface area contributed by atoms with E-state index in [4.69, 9.17) is 0 Å². The van der Waals surface area contributed by atoms with E-state index in [1.807, 2.05) is 0 Å². The van der Waals surface area contributed by atoms with Gasteiger partial charge in [0.05, 0.1) is 0 Å². The smallest absolute Gasteiger partial charge is 0.0349 e. The van der Waals surface area contributed by atoms with Crippen molar-refractivity contribution in [2.45, 2.75) is 79.6 Å². The fraction of sp³-hybridized carbons (Fsp3) is 0.933. The maximum Gasteiger partial charge on any atom is -0.0349 e. The molecule has 0 aromatic rings. The van der Waals surface area contributed by atoms with Crippen LogP contribution in [-0.2, 0) is 0 Å². The third-order valence-corrected chi connectivity index (χ3v) is 2.86. The molecular formula is C15H31. The average molecular weight is 211 g/mol. The average Bonchev–Trinajstić information content (AvgIpc) is 1.99. The van der Waals surface area contributed by atoms with E-state index in [9.17, 15) is 0 Å². The SMILES string of the molecule is [CH2]CCCCCCC(C)(C)CC(C)(C)C. The Morgan fingerprint density at radius 3 is 1.80 bits per heavy atom. The van der Waals surface area contributed by atoms with Gasteiger partial charge in [0.1, 0.15) is 0 Å². The van der Waals surface area contributed by atoms with Gasteiger partial charge in [0, 0.05) is 0 Å². The summed E-state index contributed by atoms with van der Waals surface area (Å²) in [7, 11) is 0. The fourth-order valence-electron chi connectivity index (χ4n) is 2.66. The lowest BCUT2D eigenvalue weighted by Gasteiger charge is -2.32. The van der Waals surface area contributed by atoms with Crippen molar-refractivity contribution in [3.63, 3.8) is 0 Å². The Morgan fingerprint density at radius 2 is 1.33 bits per heavy atom. The van der Waals surface area contributed by atoms with E-state index < -0.39 is 0 Å². The summed E-state index contributed by atoms with van der Waals surface area (Å²) in [6.45, 7) is 15.7. The van der Waals surface area contributed by atoms with Gasteiger partial charge in [-0.05, 0) is 23.7 Å². The summed E-state index contributed by atoms with van der Waals surface area (Å²) in [6, 6.07) is 0. The lowest BCUT2D eigenvalue weighted by atomic mass is 9.73. The summed E-state index contributed by atoms with van der Waals surface area (Å²) >= 11 is 0. The molecule has 0 bridgehead atoms. The van der Waals surface area contributed by atoms with Crippen LogP contribution in [-0.4, -0.2) is 0 Å². The second kappa shape index (κ2) is 6.55. The van der Waals surface area contributed by atoms with Crippen molar-refractivity contribution in [3.8, 4) is 0 Å². The van der Waals surface area contributed by atoms with Gasteiger partial charge in [-0.3, -0.25) is 0 Å². The largest absolute Gasteiger partial charge is 0.0602 e. The summed E-state index contributed by atoms with van der Waals surface area (Å²) in [5.41, 5.74) is 0.986. The monoisotopic (exact) mass is 211 g/mol. The molecule has 0 N–H and O–H groups in total. The molecule has 0 fully saturated rings. The van der Waals surface area contributed by atoms with Crippen LogP contribution < -0.4 is 0 Å². The van der Waals surface area contributed by atoms with Crippen LogP contribution in [0.25, 0.3) is 0 Å². The van der Waals surface area contributed by atoms with Crippen molar-refractivity contribution in [3.05, 3.63) is 6.92 Å². The highest BCUT2D eigenvalue weighted by molar-refractivity contribution is 4.76. The third kappa shape index (κ3) is 10.3. The van der Waals surface area contributed by atoms with Crippen molar-refractivity contribution in [2.24, 2.45) is 10.8 Å². The van der Waals surface area contributed by atoms with Crippen LogP contribution in [0.3, 0.4) is 0 Å². The molecule has 0 heterocycles. The Labute approximate surface area is 97.8 Å². The van der Waals surface area contributed by atoms with Crippen LogP contribution >= 0.6 is 0 Å². The Balaban J connectivity index is 3.65. The van der Waals surface area contributed by atoms with Crippen LogP contribution in [0.1, 0.15) is 79.6 Å². The van der Waals surface area contributed by atoms with Crippen molar-refractivity contribution in [1.82, 2.24) is 0 Å². The maximum absolute atomic E-state index is 3.88. The molecule has 0 spiro atoms. The highest BCUT2D eigenvalue weighted by Gasteiger charge is 2.24. The van der Waals surface area contributed by atoms with Gasteiger partial charge in [0.15, 0.2) is 0 Å². The summed E-state index contributed by atoms with van der Waals surface area (Å²) in [4.78, 5) is 0. The number of rotatable bonds is 7. The van der Waals surface area contributed by atoms with Gasteiger partial charge >= 0.3 is 0 Å². The number of hydrogen-bond donors (Lipinski definition) is 0. The Morgan fingerprint density at radius 1 is 0.800 bits per heavy atom. The predicted octanol–water partition coefficient (Wildman–Crippen LogP) is 5.62. The zero-order valence-electron chi connectivity index (χ0n) is 11.7. The molecule has 0 aliphatic heterocycles. The molecule has 0 atom stereocenters. The topological polar surface area (TPSA) is 0 Å². The zero-order valence-corrected chi connectivity index (χ0v) is 11.7. The van der Waals surface area contributed by atoms with Crippen LogP contribution in [0, 0.1) is 17.8 Å². The molecule has 0 aromatic carbocycles. The lowest BCUT2D eigenvalue weighted by Crippen LogP contribution is -2.20. The zero-order chi connectivity index (χ0) is 11.9. The van der Waals surface area contributed by atoms with E-state index >= 15 is 0 Å². The van der Waals surface area contributed by atoms with Gasteiger partial charge in [-0.25, -0.2) is 0 Å². The Kier molecular flexibility index (Phi) is 6.55. The van der Waals surface area contributed by atoms with Gasteiger partial charge in [-0.2, -0.15) is 0 Å². The molecule has 0 heteroatoms. The second-order valence-corrected chi connectivity index (χ2v) is 6.92. The quantitative estimate of drug-likeness (QED) is 0.479. The van der Waals surface area contributed by atoms with E-state index in [0.29, 0.717) is 10.8 Å². The normalized spacial score (nSPS) is 13.2. The Hall–Kier alpha value is 0. The molecule has 0 saturated heterocycles. The maximum atomic E-state index is 3.88. The van der Waals surface area contributed by atoms with Crippen molar-refractivity contribution >= 4 is 0 Å². The second-order valence-electron chi connectivity index (χ2n) is 6.92. The van der Waals surface area contributed by atoms with Gasteiger partial charge in [0.25, 0.3) is 0 Å². The molecule has 0 aliphatic rings. The van der Waals surface area contributed by atoms with Crippen LogP contribution in [0.15, 0.2) is 0 Å². The first kappa shape index (κ1) is 15.0. The molecule has 0 nitrogen and oxygen atoms in total. The molecule has 0 aliphatic carbocycles.